The number of halogens is 4. The largest absolute Gasteiger partial charge is 0.465 e. The maximum absolute atomic E-state index is 14.1. The van der Waals surface area contributed by atoms with E-state index in [2.05, 4.69) is 20.5 Å². The molecule has 0 radical (unpaired) electrons. The first-order chi connectivity index (χ1) is 25.2. The number of carbonyl (C=O) groups is 4. The molecule has 2 aliphatic rings. The van der Waals surface area contributed by atoms with Crippen molar-refractivity contribution < 1.29 is 42.2 Å². The van der Waals surface area contributed by atoms with E-state index in [4.69, 9.17) is 21.4 Å². The van der Waals surface area contributed by atoms with E-state index in [0.717, 1.165) is 10.9 Å². The molecule has 2 saturated heterocycles. The zero-order chi connectivity index (χ0) is 38.0. The van der Waals surface area contributed by atoms with Gasteiger partial charge in [-0.3, -0.25) is 19.1 Å². The predicted molar refractivity (Wildman–Crippen MR) is 183 cm³/mol. The SMILES string of the molecule is COCCn1cc(-n2cc(-c3cnc(C(=O)Nc4ccc(C(=O)N5CCN(C(=O)C6CCN(C(=O)O)CC6)CC5)c(Cl)c4)n3C)c(C(F)(F)F)n2)cn1. The van der Waals surface area contributed by atoms with E-state index in [1.165, 1.54) is 65.1 Å². The predicted octanol–water partition coefficient (Wildman–Crippen LogP) is 3.71. The highest BCUT2D eigenvalue weighted by molar-refractivity contribution is 6.34. The molecule has 6 rings (SSSR count). The lowest BCUT2D eigenvalue weighted by molar-refractivity contribution is -0.141. The van der Waals surface area contributed by atoms with Gasteiger partial charge in [-0.15, -0.1) is 0 Å². The van der Waals surface area contributed by atoms with Crippen LogP contribution in [0.25, 0.3) is 16.9 Å². The number of aromatic nitrogens is 6. The second-order valence-corrected chi connectivity index (χ2v) is 13.0. The average molecular weight is 761 g/mol. The fraction of sp³-hybridized carbons (Fsp3) is 0.424. The summed E-state index contributed by atoms with van der Waals surface area (Å²) in [6.07, 6.45) is 0.354. The number of alkyl halides is 3. The lowest BCUT2D eigenvalue weighted by Gasteiger charge is -2.38. The lowest BCUT2D eigenvalue weighted by atomic mass is 9.95. The zero-order valence-electron chi connectivity index (χ0n) is 28.7. The number of hydrogen-bond donors (Lipinski definition) is 2. The Morgan fingerprint density at radius 2 is 1.70 bits per heavy atom. The van der Waals surface area contributed by atoms with Gasteiger partial charge >= 0.3 is 12.3 Å². The van der Waals surface area contributed by atoms with Crippen molar-refractivity contribution in [3.8, 4) is 16.9 Å². The molecule has 0 saturated carbocycles. The summed E-state index contributed by atoms with van der Waals surface area (Å²) in [5.74, 6) is -1.58. The molecule has 2 aliphatic heterocycles. The molecule has 0 bridgehead atoms. The van der Waals surface area contributed by atoms with Gasteiger partial charge in [0.1, 0.15) is 5.69 Å². The zero-order valence-corrected chi connectivity index (χ0v) is 29.5. The van der Waals surface area contributed by atoms with Crippen LogP contribution in [0.2, 0.25) is 5.02 Å². The Hall–Kier alpha value is -5.43. The van der Waals surface area contributed by atoms with Gasteiger partial charge in [0.2, 0.25) is 5.91 Å². The molecule has 4 amide bonds. The average Bonchev–Trinajstić information content (AvgIpc) is 3.89. The summed E-state index contributed by atoms with van der Waals surface area (Å²) in [7, 11) is 2.93. The van der Waals surface area contributed by atoms with Crippen molar-refractivity contribution >= 4 is 41.1 Å². The van der Waals surface area contributed by atoms with Gasteiger partial charge in [0.25, 0.3) is 11.8 Å². The van der Waals surface area contributed by atoms with Gasteiger partial charge in [-0.1, -0.05) is 11.6 Å². The van der Waals surface area contributed by atoms with Crippen LogP contribution in [0.5, 0.6) is 0 Å². The number of carboxylic acid groups (broad SMARTS) is 1. The molecule has 0 unspecified atom stereocenters. The number of carbonyl (C=O) groups excluding carboxylic acids is 3. The van der Waals surface area contributed by atoms with Gasteiger partial charge in [-0.05, 0) is 31.0 Å². The fourth-order valence-corrected chi connectivity index (χ4v) is 6.64. The molecule has 16 nitrogen and oxygen atoms in total. The maximum atomic E-state index is 14.1. The second kappa shape index (κ2) is 15.3. The van der Waals surface area contributed by atoms with E-state index >= 15 is 0 Å². The molecule has 2 fully saturated rings. The first kappa shape index (κ1) is 37.3. The standard InChI is InChI=1S/C33H36ClF3N10O6/c1-42-26(24-19-47(41-27(24)33(35,36)37)22-16-39-46(18-22)13-14-53-2)17-38-28(42)29(48)40-21-3-4-23(25(34)15-21)31(50)44-11-9-43(10-12-44)30(49)20-5-7-45(8-6-20)32(51)52/h3-4,15-20H,5-14H2,1-2H3,(H,40,48)(H,51,52). The third-order valence-corrected chi connectivity index (χ3v) is 9.62. The Labute approximate surface area is 305 Å². The van der Waals surface area contributed by atoms with Crippen LogP contribution < -0.4 is 5.32 Å². The highest BCUT2D eigenvalue weighted by Crippen LogP contribution is 2.37. The first-order valence-electron chi connectivity index (χ1n) is 16.6. The highest BCUT2D eigenvalue weighted by Gasteiger charge is 2.39. The molecular formula is C33H36ClF3N10O6. The minimum atomic E-state index is -4.82. The number of amides is 4. The highest BCUT2D eigenvalue weighted by atomic mass is 35.5. The Balaban J connectivity index is 1.09. The van der Waals surface area contributed by atoms with Crippen molar-refractivity contribution in [2.24, 2.45) is 13.0 Å². The topological polar surface area (TPSA) is 173 Å². The Kier molecular flexibility index (Phi) is 10.8. The van der Waals surface area contributed by atoms with Gasteiger partial charge in [0.05, 0.1) is 53.6 Å². The Bertz CT molecular complexity index is 2010. The van der Waals surface area contributed by atoms with E-state index < -0.39 is 23.9 Å². The van der Waals surface area contributed by atoms with E-state index in [1.54, 1.807) is 9.80 Å². The number of likely N-dealkylation sites (tertiary alicyclic amines) is 1. The molecule has 282 valence electrons. The summed E-state index contributed by atoms with van der Waals surface area (Å²) in [6, 6.07) is 4.32. The molecular weight excluding hydrogens is 725 g/mol. The van der Waals surface area contributed by atoms with E-state index in [-0.39, 0.29) is 64.2 Å². The van der Waals surface area contributed by atoms with Crippen molar-refractivity contribution in [3.05, 3.63) is 65.1 Å². The number of hydrogen-bond acceptors (Lipinski definition) is 8. The van der Waals surface area contributed by atoms with Gasteiger partial charge < -0.3 is 34.4 Å². The molecule has 4 aromatic rings. The van der Waals surface area contributed by atoms with Crippen LogP contribution in [0.4, 0.5) is 23.7 Å². The summed E-state index contributed by atoms with van der Waals surface area (Å²) in [5.41, 5.74) is -0.778. The van der Waals surface area contributed by atoms with Crippen molar-refractivity contribution in [3.63, 3.8) is 0 Å². The molecule has 0 spiro atoms. The molecule has 2 N–H and O–H groups in total. The van der Waals surface area contributed by atoms with Crippen molar-refractivity contribution in [2.45, 2.75) is 25.6 Å². The minimum Gasteiger partial charge on any atom is -0.465 e. The molecule has 20 heteroatoms. The third-order valence-electron chi connectivity index (χ3n) is 9.31. The van der Waals surface area contributed by atoms with Gasteiger partial charge in [-0.25, -0.2) is 14.5 Å². The number of nitrogens with zero attached hydrogens (tertiary/aromatic N) is 9. The number of nitrogens with one attached hydrogen (secondary N) is 1. The van der Waals surface area contributed by atoms with Crippen LogP contribution in [0.1, 0.15) is 39.5 Å². The van der Waals surface area contributed by atoms with Crippen molar-refractivity contribution in [1.29, 1.82) is 0 Å². The van der Waals surface area contributed by atoms with Crippen LogP contribution in [-0.4, -0.2) is 126 Å². The van der Waals surface area contributed by atoms with Gasteiger partial charge in [-0.2, -0.15) is 23.4 Å². The Morgan fingerprint density at radius 3 is 2.34 bits per heavy atom. The summed E-state index contributed by atoms with van der Waals surface area (Å²) in [6.45, 7) is 2.57. The third kappa shape index (κ3) is 7.99. The quantitative estimate of drug-likeness (QED) is 0.258. The van der Waals surface area contributed by atoms with Crippen LogP contribution in [0, 0.1) is 5.92 Å². The molecule has 0 atom stereocenters. The number of ether oxygens (including phenoxy) is 1. The summed E-state index contributed by atoms with van der Waals surface area (Å²) in [4.78, 5) is 59.5. The van der Waals surface area contributed by atoms with Crippen molar-refractivity contribution in [2.75, 3.05) is 58.3 Å². The summed E-state index contributed by atoms with van der Waals surface area (Å²) in [5, 5.41) is 19.7. The fourth-order valence-electron chi connectivity index (χ4n) is 6.38. The van der Waals surface area contributed by atoms with Crippen LogP contribution >= 0.6 is 11.6 Å². The van der Waals surface area contributed by atoms with Crippen LogP contribution in [-0.2, 0) is 29.3 Å². The number of piperazine rings is 1. The molecule has 3 aromatic heterocycles. The van der Waals surface area contributed by atoms with Gasteiger partial charge in [0.15, 0.2) is 11.5 Å². The number of piperidine rings is 1. The van der Waals surface area contributed by atoms with Crippen LogP contribution in [0.3, 0.4) is 0 Å². The molecule has 5 heterocycles. The second-order valence-electron chi connectivity index (χ2n) is 12.6. The normalized spacial score (nSPS) is 15.5. The number of methoxy groups -OCH3 is 1. The first-order valence-corrected chi connectivity index (χ1v) is 17.0. The molecule has 53 heavy (non-hydrogen) atoms. The molecule has 0 aliphatic carbocycles. The van der Waals surface area contributed by atoms with Crippen LogP contribution in [0.15, 0.2) is 43.0 Å². The molecule has 1 aromatic carbocycles. The number of imidazole rings is 1. The van der Waals surface area contributed by atoms with E-state index in [1.807, 2.05) is 0 Å². The number of rotatable bonds is 9. The van der Waals surface area contributed by atoms with E-state index in [0.29, 0.717) is 57.9 Å². The minimum absolute atomic E-state index is 0.00940. The maximum Gasteiger partial charge on any atom is 0.435 e. The van der Waals surface area contributed by atoms with Crippen molar-refractivity contribution in [1.82, 2.24) is 43.8 Å². The number of anilines is 1. The van der Waals surface area contributed by atoms with Gasteiger partial charge in [0, 0.05) is 71.2 Å². The summed E-state index contributed by atoms with van der Waals surface area (Å²) < 4.78 is 51.2. The number of benzene rings is 1. The monoisotopic (exact) mass is 760 g/mol. The smallest absolute Gasteiger partial charge is 0.435 e. The van der Waals surface area contributed by atoms with E-state index in [9.17, 15) is 32.3 Å². The Morgan fingerprint density at radius 1 is 1.00 bits per heavy atom. The lowest BCUT2D eigenvalue weighted by Crippen LogP contribution is -2.53. The summed E-state index contributed by atoms with van der Waals surface area (Å²) >= 11 is 6.48.